The molecule has 0 atom stereocenters. The Morgan fingerprint density at radius 1 is 0.741 bits per heavy atom. The van der Waals surface area contributed by atoms with Crippen LogP contribution in [0.2, 0.25) is 0 Å². The molecular formula is C23H23NO2S. The third-order valence-corrected chi connectivity index (χ3v) is 6.79. The van der Waals surface area contributed by atoms with Crippen molar-refractivity contribution < 1.29 is 8.42 Å². The predicted octanol–water partition coefficient (Wildman–Crippen LogP) is 4.02. The summed E-state index contributed by atoms with van der Waals surface area (Å²) in [5.41, 5.74) is 5.57. The molecule has 1 heterocycles. The van der Waals surface area contributed by atoms with Gasteiger partial charge in [-0.05, 0) is 65.9 Å². The van der Waals surface area contributed by atoms with E-state index in [2.05, 4.69) is 17.4 Å². The van der Waals surface area contributed by atoms with Gasteiger partial charge in [-0.2, -0.15) is 0 Å². The van der Waals surface area contributed by atoms with Crippen molar-refractivity contribution in [2.75, 3.05) is 13.1 Å². The standard InChI is InChI=1S/C23H23NO2S/c25-27(26,17-18-6-7-21-12-14-24-15-13-22(21)16-18)23-10-8-20(9-11-23)19-4-2-1-3-5-19/h1-11,16,24H,12-15,17H2. The molecule has 1 aliphatic rings. The van der Waals surface area contributed by atoms with Gasteiger partial charge < -0.3 is 5.32 Å². The van der Waals surface area contributed by atoms with Crippen molar-refractivity contribution in [3.8, 4) is 11.1 Å². The second-order valence-electron chi connectivity index (χ2n) is 7.00. The molecule has 0 fully saturated rings. The van der Waals surface area contributed by atoms with Crippen molar-refractivity contribution in [1.82, 2.24) is 5.32 Å². The molecule has 0 saturated carbocycles. The molecule has 4 rings (SSSR count). The molecule has 0 aliphatic carbocycles. The first-order chi connectivity index (χ1) is 13.1. The van der Waals surface area contributed by atoms with E-state index in [9.17, 15) is 8.42 Å². The molecule has 1 aliphatic heterocycles. The highest BCUT2D eigenvalue weighted by Crippen LogP contribution is 2.24. The SMILES string of the molecule is O=S(=O)(Cc1ccc2c(c1)CCNCC2)c1ccc(-c2ccccc2)cc1. The molecule has 0 bridgehead atoms. The Bertz CT molecular complexity index is 1030. The molecule has 0 aromatic heterocycles. The third kappa shape index (κ3) is 4.12. The number of fused-ring (bicyclic) bond motifs is 1. The number of hydrogen-bond acceptors (Lipinski definition) is 3. The first-order valence-corrected chi connectivity index (χ1v) is 11.0. The summed E-state index contributed by atoms with van der Waals surface area (Å²) in [6.45, 7) is 1.93. The number of benzene rings is 3. The van der Waals surface area contributed by atoms with Gasteiger partial charge in [0.05, 0.1) is 10.6 Å². The van der Waals surface area contributed by atoms with Crippen LogP contribution in [0.15, 0.2) is 77.7 Å². The van der Waals surface area contributed by atoms with Crippen molar-refractivity contribution >= 4 is 9.84 Å². The zero-order valence-corrected chi connectivity index (χ0v) is 16.0. The highest BCUT2D eigenvalue weighted by molar-refractivity contribution is 7.90. The molecule has 0 unspecified atom stereocenters. The van der Waals surface area contributed by atoms with Crippen LogP contribution in [0.1, 0.15) is 16.7 Å². The highest BCUT2D eigenvalue weighted by atomic mass is 32.2. The second kappa shape index (κ2) is 7.67. The average molecular weight is 378 g/mol. The molecule has 3 nitrogen and oxygen atoms in total. The Labute approximate surface area is 161 Å². The monoisotopic (exact) mass is 377 g/mol. The van der Waals surface area contributed by atoms with E-state index in [-0.39, 0.29) is 5.75 Å². The van der Waals surface area contributed by atoms with Gasteiger partial charge in [0, 0.05) is 0 Å². The van der Waals surface area contributed by atoms with Gasteiger partial charge in [-0.1, -0.05) is 60.7 Å². The van der Waals surface area contributed by atoms with Crippen molar-refractivity contribution in [1.29, 1.82) is 0 Å². The lowest BCUT2D eigenvalue weighted by atomic mass is 10.0. The molecule has 0 amide bonds. The van der Waals surface area contributed by atoms with E-state index in [4.69, 9.17) is 0 Å². The molecule has 3 aromatic rings. The summed E-state index contributed by atoms with van der Waals surface area (Å²) in [6, 6.07) is 23.3. The summed E-state index contributed by atoms with van der Waals surface area (Å²) in [5.74, 6) is 0.0401. The highest BCUT2D eigenvalue weighted by Gasteiger charge is 2.17. The Kier molecular flexibility index (Phi) is 5.10. The summed E-state index contributed by atoms with van der Waals surface area (Å²) in [4.78, 5) is 0.374. The van der Waals surface area contributed by atoms with E-state index in [1.54, 1.807) is 12.1 Å². The first-order valence-electron chi connectivity index (χ1n) is 9.31. The van der Waals surface area contributed by atoms with Gasteiger partial charge in [0.25, 0.3) is 0 Å². The third-order valence-electron chi connectivity index (χ3n) is 5.09. The number of sulfone groups is 1. The van der Waals surface area contributed by atoms with Crippen molar-refractivity contribution in [3.05, 3.63) is 89.5 Å². The Morgan fingerprint density at radius 2 is 1.41 bits per heavy atom. The van der Waals surface area contributed by atoms with Crippen LogP contribution >= 0.6 is 0 Å². The maximum absolute atomic E-state index is 12.9. The average Bonchev–Trinajstić information content (AvgIpc) is 2.93. The van der Waals surface area contributed by atoms with Crippen LogP contribution < -0.4 is 5.32 Å². The maximum Gasteiger partial charge on any atom is 0.182 e. The summed E-state index contributed by atoms with van der Waals surface area (Å²) in [7, 11) is -3.36. The van der Waals surface area contributed by atoms with Gasteiger partial charge in [0.15, 0.2) is 9.84 Å². The summed E-state index contributed by atoms with van der Waals surface area (Å²) < 4.78 is 25.7. The summed E-state index contributed by atoms with van der Waals surface area (Å²) >= 11 is 0. The van der Waals surface area contributed by atoms with E-state index in [0.717, 1.165) is 42.6 Å². The maximum atomic E-state index is 12.9. The molecule has 27 heavy (non-hydrogen) atoms. The first kappa shape index (κ1) is 18.0. The van der Waals surface area contributed by atoms with Crippen LogP contribution in [0.3, 0.4) is 0 Å². The van der Waals surface area contributed by atoms with Gasteiger partial charge in [-0.3, -0.25) is 0 Å². The Morgan fingerprint density at radius 3 is 2.15 bits per heavy atom. The lowest BCUT2D eigenvalue weighted by Crippen LogP contribution is -2.16. The minimum Gasteiger partial charge on any atom is -0.316 e. The largest absolute Gasteiger partial charge is 0.316 e. The minimum atomic E-state index is -3.36. The zero-order chi connectivity index (χ0) is 18.7. The van der Waals surface area contributed by atoms with Crippen LogP contribution in [-0.2, 0) is 28.4 Å². The molecular weight excluding hydrogens is 354 g/mol. The van der Waals surface area contributed by atoms with Crippen LogP contribution in [0.4, 0.5) is 0 Å². The molecule has 0 spiro atoms. The minimum absolute atomic E-state index is 0.0401. The van der Waals surface area contributed by atoms with Crippen molar-refractivity contribution in [2.24, 2.45) is 0 Å². The zero-order valence-electron chi connectivity index (χ0n) is 15.2. The smallest absolute Gasteiger partial charge is 0.182 e. The predicted molar refractivity (Wildman–Crippen MR) is 109 cm³/mol. The Balaban J connectivity index is 1.56. The molecule has 4 heteroatoms. The molecule has 0 saturated heterocycles. The van der Waals surface area contributed by atoms with E-state index in [0.29, 0.717) is 4.90 Å². The quantitative estimate of drug-likeness (QED) is 0.747. The molecule has 3 aromatic carbocycles. The van der Waals surface area contributed by atoms with Gasteiger partial charge in [-0.25, -0.2) is 8.42 Å². The second-order valence-corrected chi connectivity index (χ2v) is 8.99. The van der Waals surface area contributed by atoms with Crippen LogP contribution in [0.25, 0.3) is 11.1 Å². The van der Waals surface area contributed by atoms with Gasteiger partial charge >= 0.3 is 0 Å². The number of rotatable bonds is 4. The lowest BCUT2D eigenvalue weighted by molar-refractivity contribution is 0.595. The van der Waals surface area contributed by atoms with Crippen LogP contribution in [0, 0.1) is 0 Å². The van der Waals surface area contributed by atoms with Crippen molar-refractivity contribution in [3.63, 3.8) is 0 Å². The molecule has 1 N–H and O–H groups in total. The number of nitrogens with one attached hydrogen (secondary N) is 1. The summed E-state index contributed by atoms with van der Waals surface area (Å²) in [6.07, 6.45) is 1.96. The fourth-order valence-electron chi connectivity index (χ4n) is 3.60. The van der Waals surface area contributed by atoms with E-state index in [1.807, 2.05) is 48.5 Å². The molecule has 138 valence electrons. The fraction of sp³-hybridized carbons (Fsp3) is 0.217. The van der Waals surface area contributed by atoms with Crippen LogP contribution in [-0.4, -0.2) is 21.5 Å². The molecule has 0 radical (unpaired) electrons. The van der Waals surface area contributed by atoms with Crippen LogP contribution in [0.5, 0.6) is 0 Å². The summed E-state index contributed by atoms with van der Waals surface area (Å²) in [5, 5.41) is 3.39. The van der Waals surface area contributed by atoms with Crippen molar-refractivity contribution in [2.45, 2.75) is 23.5 Å². The normalized spacial score (nSPS) is 14.4. The van der Waals surface area contributed by atoms with E-state index in [1.165, 1.54) is 11.1 Å². The topological polar surface area (TPSA) is 46.2 Å². The van der Waals surface area contributed by atoms with E-state index >= 15 is 0 Å². The van der Waals surface area contributed by atoms with Gasteiger partial charge in [-0.15, -0.1) is 0 Å². The Hall–Kier alpha value is -2.43. The number of hydrogen-bond donors (Lipinski definition) is 1. The van der Waals surface area contributed by atoms with Gasteiger partial charge in [0.1, 0.15) is 0 Å². The fourth-order valence-corrected chi connectivity index (χ4v) is 4.94. The lowest BCUT2D eigenvalue weighted by Gasteiger charge is -2.10. The van der Waals surface area contributed by atoms with E-state index < -0.39 is 9.84 Å². The van der Waals surface area contributed by atoms with Gasteiger partial charge in [0.2, 0.25) is 0 Å².